The molecule has 0 aliphatic carbocycles. The molecule has 1 aliphatic heterocycles. The molecule has 1 fully saturated rings. The third kappa shape index (κ3) is 2.06. The number of nitrogens with one attached hydrogen (secondary N) is 1. The summed E-state index contributed by atoms with van der Waals surface area (Å²) in [5, 5.41) is 3.55. The molecule has 0 radical (unpaired) electrons. The maximum absolute atomic E-state index is 5.61. The van der Waals surface area contributed by atoms with E-state index in [1.165, 1.54) is 18.6 Å². The zero-order chi connectivity index (χ0) is 9.10. The second-order valence-electron chi connectivity index (χ2n) is 3.20. The van der Waals surface area contributed by atoms with Crippen molar-refractivity contribution in [2.45, 2.75) is 24.6 Å². The van der Waals surface area contributed by atoms with Crippen LogP contribution in [0.4, 0.5) is 0 Å². The molecular weight excluding hydrogens is 184 g/mol. The van der Waals surface area contributed by atoms with Crippen LogP contribution in [0.25, 0.3) is 0 Å². The van der Waals surface area contributed by atoms with E-state index in [-0.39, 0.29) is 0 Å². The van der Waals surface area contributed by atoms with Crippen LogP contribution in [0.3, 0.4) is 0 Å². The Labute approximate surface area is 82.3 Å². The zero-order valence-electron chi connectivity index (χ0n) is 7.75. The van der Waals surface area contributed by atoms with Crippen LogP contribution in [0, 0.1) is 0 Å². The third-order valence-corrected chi connectivity index (χ3v) is 3.49. The van der Waals surface area contributed by atoms with Crippen molar-refractivity contribution in [2.24, 2.45) is 0 Å². The Balaban J connectivity index is 2.03. The maximum atomic E-state index is 5.61. The predicted octanol–water partition coefficient (Wildman–Crippen LogP) is 1.96. The minimum absolute atomic E-state index is 0.505. The zero-order valence-corrected chi connectivity index (χ0v) is 8.56. The molecule has 0 saturated carbocycles. The molecule has 2 rings (SSSR count). The largest absolute Gasteiger partial charge is 0.443 e. The van der Waals surface area contributed by atoms with E-state index < -0.39 is 0 Å². The minimum atomic E-state index is 0.505. The highest BCUT2D eigenvalue weighted by molar-refractivity contribution is 7.99. The Morgan fingerprint density at radius 1 is 1.77 bits per heavy atom. The molecule has 1 aromatic heterocycles. The summed E-state index contributed by atoms with van der Waals surface area (Å²) >= 11 is 1.95. The molecule has 1 aromatic rings. The SMILES string of the molecule is CNCc1cnc(C2CCCS2)o1. The van der Waals surface area contributed by atoms with Crippen molar-refractivity contribution in [3.63, 3.8) is 0 Å². The highest BCUT2D eigenvalue weighted by Gasteiger charge is 2.22. The summed E-state index contributed by atoms with van der Waals surface area (Å²) in [6.45, 7) is 0.768. The van der Waals surface area contributed by atoms with Crippen LogP contribution in [0.1, 0.15) is 29.7 Å². The molecule has 13 heavy (non-hydrogen) atoms. The van der Waals surface area contributed by atoms with Crippen LogP contribution >= 0.6 is 11.8 Å². The molecule has 1 atom stereocenters. The fraction of sp³-hybridized carbons (Fsp3) is 0.667. The molecule has 0 amide bonds. The van der Waals surface area contributed by atoms with E-state index in [1.807, 2.05) is 25.0 Å². The monoisotopic (exact) mass is 198 g/mol. The number of thioether (sulfide) groups is 1. The van der Waals surface area contributed by atoms with E-state index in [0.717, 1.165) is 18.2 Å². The van der Waals surface area contributed by atoms with Gasteiger partial charge in [0.05, 0.1) is 18.0 Å². The van der Waals surface area contributed by atoms with Gasteiger partial charge < -0.3 is 9.73 Å². The quantitative estimate of drug-likeness (QED) is 0.805. The Morgan fingerprint density at radius 2 is 2.69 bits per heavy atom. The van der Waals surface area contributed by atoms with Crippen LogP contribution in [0.5, 0.6) is 0 Å². The lowest BCUT2D eigenvalue weighted by molar-refractivity contribution is 0.440. The van der Waals surface area contributed by atoms with Crippen LogP contribution in [-0.4, -0.2) is 17.8 Å². The van der Waals surface area contributed by atoms with Gasteiger partial charge in [0, 0.05) is 0 Å². The van der Waals surface area contributed by atoms with E-state index in [2.05, 4.69) is 10.3 Å². The van der Waals surface area contributed by atoms with Gasteiger partial charge in [-0.25, -0.2) is 4.98 Å². The van der Waals surface area contributed by atoms with E-state index in [1.54, 1.807) is 0 Å². The Hall–Kier alpha value is -0.480. The second kappa shape index (κ2) is 4.15. The van der Waals surface area contributed by atoms with Crippen molar-refractivity contribution in [1.29, 1.82) is 0 Å². The van der Waals surface area contributed by atoms with Gasteiger partial charge in [0.15, 0.2) is 0 Å². The Bertz CT molecular complexity index is 268. The summed E-state index contributed by atoms with van der Waals surface area (Å²) in [6, 6.07) is 0. The lowest BCUT2D eigenvalue weighted by atomic mass is 10.2. The summed E-state index contributed by atoms with van der Waals surface area (Å²) < 4.78 is 5.61. The van der Waals surface area contributed by atoms with Crippen LogP contribution in [-0.2, 0) is 6.54 Å². The van der Waals surface area contributed by atoms with Crippen molar-refractivity contribution < 1.29 is 4.42 Å². The van der Waals surface area contributed by atoms with Gasteiger partial charge >= 0.3 is 0 Å². The van der Waals surface area contributed by atoms with Gasteiger partial charge in [-0.1, -0.05) is 0 Å². The molecule has 0 spiro atoms. The highest BCUT2D eigenvalue weighted by atomic mass is 32.2. The average molecular weight is 198 g/mol. The van der Waals surface area contributed by atoms with Crippen molar-refractivity contribution in [3.05, 3.63) is 17.8 Å². The van der Waals surface area contributed by atoms with Gasteiger partial charge in [-0.2, -0.15) is 0 Å². The molecule has 0 aromatic carbocycles. The molecule has 1 N–H and O–H groups in total. The molecule has 3 nitrogen and oxygen atoms in total. The minimum Gasteiger partial charge on any atom is -0.443 e. The second-order valence-corrected chi connectivity index (χ2v) is 4.51. The first kappa shape index (κ1) is 9.09. The third-order valence-electron chi connectivity index (χ3n) is 2.13. The number of nitrogens with zero attached hydrogens (tertiary/aromatic N) is 1. The molecule has 1 aliphatic rings. The molecule has 1 unspecified atom stereocenters. The van der Waals surface area contributed by atoms with Crippen molar-refractivity contribution >= 4 is 11.8 Å². The standard InChI is InChI=1S/C9H14N2OS/c1-10-5-7-6-11-9(12-7)8-3-2-4-13-8/h6,8,10H,2-5H2,1H3. The Morgan fingerprint density at radius 3 is 3.38 bits per heavy atom. The van der Waals surface area contributed by atoms with E-state index in [4.69, 9.17) is 4.42 Å². The number of oxazole rings is 1. The molecule has 0 bridgehead atoms. The van der Waals surface area contributed by atoms with Crippen molar-refractivity contribution in [1.82, 2.24) is 10.3 Å². The van der Waals surface area contributed by atoms with Gasteiger partial charge in [-0.15, -0.1) is 11.8 Å². The van der Waals surface area contributed by atoms with Crippen LogP contribution < -0.4 is 5.32 Å². The number of hydrogen-bond acceptors (Lipinski definition) is 4. The molecular formula is C9H14N2OS. The first-order chi connectivity index (χ1) is 6.40. The summed E-state index contributed by atoms with van der Waals surface area (Å²) in [6.07, 6.45) is 4.33. The summed E-state index contributed by atoms with van der Waals surface area (Å²) in [4.78, 5) is 4.29. The van der Waals surface area contributed by atoms with Crippen molar-refractivity contribution in [3.8, 4) is 0 Å². The molecule has 1 saturated heterocycles. The van der Waals surface area contributed by atoms with Crippen molar-refractivity contribution in [2.75, 3.05) is 12.8 Å². The summed E-state index contributed by atoms with van der Waals surface area (Å²) in [7, 11) is 1.91. The first-order valence-corrected chi connectivity index (χ1v) is 5.66. The molecule has 4 heteroatoms. The van der Waals surface area contributed by atoms with Gasteiger partial charge in [0.1, 0.15) is 5.76 Å². The lowest BCUT2D eigenvalue weighted by Gasteiger charge is -2.01. The predicted molar refractivity (Wildman–Crippen MR) is 53.7 cm³/mol. The van der Waals surface area contributed by atoms with Gasteiger partial charge in [0.2, 0.25) is 5.89 Å². The maximum Gasteiger partial charge on any atom is 0.207 e. The topological polar surface area (TPSA) is 38.1 Å². The molecule has 72 valence electrons. The Kier molecular flexibility index (Phi) is 2.90. The van der Waals surface area contributed by atoms with Gasteiger partial charge in [-0.3, -0.25) is 0 Å². The lowest BCUT2D eigenvalue weighted by Crippen LogP contribution is -2.03. The first-order valence-electron chi connectivity index (χ1n) is 4.61. The van der Waals surface area contributed by atoms with Gasteiger partial charge in [0.25, 0.3) is 0 Å². The molecule has 2 heterocycles. The van der Waals surface area contributed by atoms with Crippen LogP contribution in [0.15, 0.2) is 10.6 Å². The average Bonchev–Trinajstić information content (AvgIpc) is 2.70. The summed E-state index contributed by atoms with van der Waals surface area (Å²) in [5.41, 5.74) is 0. The number of aromatic nitrogens is 1. The van der Waals surface area contributed by atoms with E-state index >= 15 is 0 Å². The number of rotatable bonds is 3. The van der Waals surface area contributed by atoms with E-state index in [0.29, 0.717) is 5.25 Å². The van der Waals surface area contributed by atoms with E-state index in [9.17, 15) is 0 Å². The normalized spacial score (nSPS) is 22.4. The fourth-order valence-electron chi connectivity index (χ4n) is 1.50. The number of hydrogen-bond donors (Lipinski definition) is 1. The highest BCUT2D eigenvalue weighted by Crippen LogP contribution is 2.39. The summed E-state index contributed by atoms with van der Waals surface area (Å²) in [5.74, 6) is 3.09. The van der Waals surface area contributed by atoms with Gasteiger partial charge in [-0.05, 0) is 25.6 Å². The van der Waals surface area contributed by atoms with Crippen LogP contribution in [0.2, 0.25) is 0 Å². The smallest absolute Gasteiger partial charge is 0.207 e. The fourth-order valence-corrected chi connectivity index (χ4v) is 2.70.